The van der Waals surface area contributed by atoms with E-state index in [1.807, 2.05) is 0 Å². The monoisotopic (exact) mass is 162 g/mol. The molecule has 2 nitrogen and oxygen atoms in total. The summed E-state index contributed by atoms with van der Waals surface area (Å²) in [6.07, 6.45) is 0. The molecular weight excluding hydrogens is 148 g/mol. The second-order valence-electron chi connectivity index (χ2n) is 3.00. The number of nitrogens with zero attached hydrogens (tertiary/aromatic N) is 1. The summed E-state index contributed by atoms with van der Waals surface area (Å²) in [6, 6.07) is 6.39. The predicted octanol–water partition coefficient (Wildman–Crippen LogP) is 2.59. The number of rotatable bonds is 3. The van der Waals surface area contributed by atoms with Crippen LogP contribution in [0.4, 0.5) is 17.1 Å². The molecule has 2 rings (SSSR count). The maximum atomic E-state index is 3.27. The molecule has 0 saturated heterocycles. The average molecular weight is 162 g/mol. The van der Waals surface area contributed by atoms with Crippen molar-refractivity contribution in [2.75, 3.05) is 23.3 Å². The van der Waals surface area contributed by atoms with Crippen molar-refractivity contribution >= 4 is 17.1 Å². The van der Waals surface area contributed by atoms with Crippen LogP contribution < -0.4 is 10.2 Å². The standard InChI is InChI=1S/C10H14N2/c1-3-12(4-2)9-7-5-6-8-10(9)11-8/h5-7,11H,3-4H2,1-2H3. The molecule has 0 unspecified atom stereocenters. The molecule has 1 heterocycles. The van der Waals surface area contributed by atoms with E-state index in [-0.39, 0.29) is 0 Å². The van der Waals surface area contributed by atoms with Crippen molar-refractivity contribution in [3.8, 4) is 0 Å². The average Bonchev–Trinajstić information content (AvgIpc) is 2.86. The molecule has 0 aromatic heterocycles. The van der Waals surface area contributed by atoms with Gasteiger partial charge in [0.05, 0.1) is 17.1 Å². The fourth-order valence-corrected chi connectivity index (χ4v) is 1.58. The number of para-hydroxylation sites is 1. The molecule has 12 heavy (non-hydrogen) atoms. The van der Waals surface area contributed by atoms with Gasteiger partial charge in [0, 0.05) is 13.1 Å². The van der Waals surface area contributed by atoms with Crippen LogP contribution in [0.3, 0.4) is 0 Å². The van der Waals surface area contributed by atoms with Gasteiger partial charge in [0.1, 0.15) is 0 Å². The third kappa shape index (κ3) is 1.04. The highest BCUT2D eigenvalue weighted by Gasteiger charge is 2.21. The predicted molar refractivity (Wildman–Crippen MR) is 53.3 cm³/mol. The Balaban J connectivity index is 2.29. The smallest absolute Gasteiger partial charge is 0.0861 e. The molecular formula is C10H14N2. The highest BCUT2D eigenvalue weighted by atomic mass is 15.2. The van der Waals surface area contributed by atoms with E-state index in [0.29, 0.717) is 0 Å². The van der Waals surface area contributed by atoms with Crippen LogP contribution in [0, 0.1) is 0 Å². The highest BCUT2D eigenvalue weighted by molar-refractivity contribution is 5.99. The summed E-state index contributed by atoms with van der Waals surface area (Å²) in [5, 5.41) is 3.27. The molecule has 0 spiro atoms. The van der Waals surface area contributed by atoms with Gasteiger partial charge in [-0.05, 0) is 26.0 Å². The van der Waals surface area contributed by atoms with E-state index in [4.69, 9.17) is 0 Å². The zero-order valence-corrected chi connectivity index (χ0v) is 7.59. The van der Waals surface area contributed by atoms with Crippen molar-refractivity contribution in [3.63, 3.8) is 0 Å². The van der Waals surface area contributed by atoms with Crippen molar-refractivity contribution in [1.82, 2.24) is 0 Å². The summed E-state index contributed by atoms with van der Waals surface area (Å²) < 4.78 is 0. The third-order valence-electron chi connectivity index (χ3n) is 2.34. The van der Waals surface area contributed by atoms with Crippen LogP contribution in [-0.4, -0.2) is 13.1 Å². The molecule has 1 aliphatic heterocycles. The van der Waals surface area contributed by atoms with Crippen LogP contribution in [0.2, 0.25) is 0 Å². The van der Waals surface area contributed by atoms with E-state index in [1.165, 1.54) is 17.1 Å². The minimum absolute atomic E-state index is 1.08. The van der Waals surface area contributed by atoms with Crippen LogP contribution in [0.5, 0.6) is 0 Å². The molecule has 0 fully saturated rings. The van der Waals surface area contributed by atoms with Crippen molar-refractivity contribution in [1.29, 1.82) is 0 Å². The van der Waals surface area contributed by atoms with E-state index in [0.717, 1.165) is 13.1 Å². The van der Waals surface area contributed by atoms with E-state index >= 15 is 0 Å². The van der Waals surface area contributed by atoms with Gasteiger partial charge in [-0.1, -0.05) is 6.07 Å². The first-order valence-electron chi connectivity index (χ1n) is 4.51. The lowest BCUT2D eigenvalue weighted by atomic mass is 10.3. The molecule has 2 heteroatoms. The zero-order chi connectivity index (χ0) is 8.55. The molecule has 64 valence electrons. The normalized spacial score (nSPS) is 11.8. The van der Waals surface area contributed by atoms with Crippen LogP contribution in [0.15, 0.2) is 18.2 Å². The second kappa shape index (κ2) is 2.70. The van der Waals surface area contributed by atoms with E-state index in [9.17, 15) is 0 Å². The van der Waals surface area contributed by atoms with Crippen molar-refractivity contribution < 1.29 is 0 Å². The molecule has 1 N–H and O–H groups in total. The van der Waals surface area contributed by atoms with Crippen LogP contribution in [-0.2, 0) is 0 Å². The van der Waals surface area contributed by atoms with E-state index < -0.39 is 0 Å². The van der Waals surface area contributed by atoms with Crippen LogP contribution in [0.1, 0.15) is 13.8 Å². The summed E-state index contributed by atoms with van der Waals surface area (Å²) >= 11 is 0. The van der Waals surface area contributed by atoms with Gasteiger partial charge < -0.3 is 10.2 Å². The Morgan fingerprint density at radius 3 is 2.67 bits per heavy atom. The van der Waals surface area contributed by atoms with Gasteiger partial charge >= 0.3 is 0 Å². The van der Waals surface area contributed by atoms with Gasteiger partial charge in [0.25, 0.3) is 0 Å². The highest BCUT2D eigenvalue weighted by Crippen LogP contribution is 2.46. The van der Waals surface area contributed by atoms with Crippen LogP contribution in [0.25, 0.3) is 0 Å². The van der Waals surface area contributed by atoms with E-state index in [1.54, 1.807) is 0 Å². The van der Waals surface area contributed by atoms with Crippen molar-refractivity contribution in [3.05, 3.63) is 18.2 Å². The SMILES string of the molecule is CCN(CC)c1cccc2c1N2. The Hall–Kier alpha value is -1.18. The first-order chi connectivity index (χ1) is 5.86. The van der Waals surface area contributed by atoms with Gasteiger partial charge in [-0.25, -0.2) is 0 Å². The lowest BCUT2D eigenvalue weighted by Crippen LogP contribution is -2.21. The first kappa shape index (κ1) is 7.47. The Morgan fingerprint density at radius 1 is 1.25 bits per heavy atom. The molecule has 1 aromatic carbocycles. The Labute approximate surface area is 73.2 Å². The summed E-state index contributed by atoms with van der Waals surface area (Å²) in [5.74, 6) is 0. The molecule has 0 atom stereocenters. The first-order valence-corrected chi connectivity index (χ1v) is 4.51. The summed E-state index contributed by atoms with van der Waals surface area (Å²) in [7, 11) is 0. The Morgan fingerprint density at radius 2 is 2.00 bits per heavy atom. The molecule has 1 aromatic rings. The summed E-state index contributed by atoms with van der Waals surface area (Å²) in [4.78, 5) is 2.36. The number of anilines is 3. The lowest BCUT2D eigenvalue weighted by Gasteiger charge is -2.19. The molecule has 0 aliphatic carbocycles. The zero-order valence-electron chi connectivity index (χ0n) is 7.59. The Bertz CT molecular complexity index is 290. The number of hydrogen-bond acceptors (Lipinski definition) is 2. The van der Waals surface area contributed by atoms with Gasteiger partial charge in [-0.15, -0.1) is 0 Å². The van der Waals surface area contributed by atoms with Gasteiger partial charge in [0.2, 0.25) is 0 Å². The maximum absolute atomic E-state index is 3.27. The minimum atomic E-state index is 1.08. The second-order valence-corrected chi connectivity index (χ2v) is 3.00. The number of benzene rings is 1. The Kier molecular flexibility index (Phi) is 1.68. The van der Waals surface area contributed by atoms with E-state index in [2.05, 4.69) is 42.3 Å². The molecule has 0 radical (unpaired) electrons. The van der Waals surface area contributed by atoms with Crippen molar-refractivity contribution in [2.24, 2.45) is 0 Å². The summed E-state index contributed by atoms with van der Waals surface area (Å²) in [5.41, 5.74) is 3.96. The van der Waals surface area contributed by atoms with Crippen LogP contribution >= 0.6 is 0 Å². The fraction of sp³-hybridized carbons (Fsp3) is 0.400. The summed E-state index contributed by atoms with van der Waals surface area (Å²) in [6.45, 7) is 6.53. The largest absolute Gasteiger partial charge is 0.370 e. The number of hydrogen-bond donors (Lipinski definition) is 1. The lowest BCUT2D eigenvalue weighted by molar-refractivity contribution is 0.870. The molecule has 0 amide bonds. The molecule has 1 aliphatic rings. The van der Waals surface area contributed by atoms with Gasteiger partial charge in [-0.3, -0.25) is 0 Å². The van der Waals surface area contributed by atoms with Gasteiger partial charge in [0.15, 0.2) is 0 Å². The van der Waals surface area contributed by atoms with Gasteiger partial charge in [-0.2, -0.15) is 0 Å². The van der Waals surface area contributed by atoms with Crippen molar-refractivity contribution in [2.45, 2.75) is 13.8 Å². The number of nitrogens with one attached hydrogen (secondary N) is 1. The maximum Gasteiger partial charge on any atom is 0.0861 e. The minimum Gasteiger partial charge on any atom is -0.370 e. The topological polar surface area (TPSA) is 25.2 Å². The molecule has 0 bridgehead atoms. The fourth-order valence-electron chi connectivity index (χ4n) is 1.58. The quantitative estimate of drug-likeness (QED) is 0.702. The molecule has 0 saturated carbocycles. The third-order valence-corrected chi connectivity index (χ3v) is 2.34. The number of fused-ring (bicyclic) bond motifs is 1.